The molecule has 1 saturated carbocycles. The first kappa shape index (κ1) is 14.7. The van der Waals surface area contributed by atoms with Gasteiger partial charge in [0, 0.05) is 20.1 Å². The molecule has 0 saturated heterocycles. The van der Waals surface area contributed by atoms with Crippen LogP contribution in [0.15, 0.2) is 0 Å². The Morgan fingerprint density at radius 2 is 1.94 bits per heavy atom. The maximum absolute atomic E-state index is 11.7. The molecule has 0 spiro atoms. The number of ketones is 1. The van der Waals surface area contributed by atoms with Gasteiger partial charge < -0.3 is 9.47 Å². The highest BCUT2D eigenvalue weighted by Crippen LogP contribution is 2.45. The van der Waals surface area contributed by atoms with Gasteiger partial charge in [0.1, 0.15) is 5.78 Å². The fraction of sp³-hybridized carbons (Fsp3) is 0.929. The topological polar surface area (TPSA) is 35.5 Å². The summed E-state index contributed by atoms with van der Waals surface area (Å²) in [6.45, 7) is 8.93. The second-order valence-electron chi connectivity index (χ2n) is 5.56. The second-order valence-corrected chi connectivity index (χ2v) is 5.56. The third-order valence-electron chi connectivity index (χ3n) is 4.38. The van der Waals surface area contributed by atoms with E-state index in [9.17, 15) is 4.79 Å². The Labute approximate surface area is 105 Å². The minimum atomic E-state index is -0.197. The maximum atomic E-state index is 11.7. The number of hydrogen-bond donors (Lipinski definition) is 0. The molecule has 1 atom stereocenters. The van der Waals surface area contributed by atoms with Gasteiger partial charge in [-0.3, -0.25) is 4.79 Å². The molecule has 0 radical (unpaired) electrons. The van der Waals surface area contributed by atoms with Crippen LogP contribution in [0.5, 0.6) is 0 Å². The Morgan fingerprint density at radius 1 is 1.35 bits per heavy atom. The SMILES string of the molecule is CCC1(CC)C(=O)CC1OCCC(C)(C)OC. The molecule has 0 aromatic heterocycles. The summed E-state index contributed by atoms with van der Waals surface area (Å²) in [6, 6.07) is 0. The van der Waals surface area contributed by atoms with Crippen LogP contribution in [0.2, 0.25) is 0 Å². The Balaban J connectivity index is 2.41. The summed E-state index contributed by atoms with van der Waals surface area (Å²) in [5, 5.41) is 0. The lowest BCUT2D eigenvalue weighted by molar-refractivity contribution is -0.167. The van der Waals surface area contributed by atoms with Crippen LogP contribution in [0, 0.1) is 5.41 Å². The standard InChI is InChI=1S/C14H26O3/c1-6-14(7-2)11(15)10-12(14)17-9-8-13(3,4)16-5/h12H,6-10H2,1-5H3. The summed E-state index contributed by atoms with van der Waals surface area (Å²) in [7, 11) is 1.72. The number of hydrogen-bond acceptors (Lipinski definition) is 3. The molecule has 0 aromatic carbocycles. The van der Waals surface area contributed by atoms with Crippen molar-refractivity contribution in [3.8, 4) is 0 Å². The number of ether oxygens (including phenoxy) is 2. The van der Waals surface area contributed by atoms with E-state index in [0.29, 0.717) is 18.8 Å². The van der Waals surface area contributed by atoms with E-state index in [0.717, 1.165) is 19.3 Å². The van der Waals surface area contributed by atoms with Gasteiger partial charge in [-0.1, -0.05) is 13.8 Å². The monoisotopic (exact) mass is 242 g/mol. The summed E-state index contributed by atoms with van der Waals surface area (Å²) >= 11 is 0. The largest absolute Gasteiger partial charge is 0.379 e. The van der Waals surface area contributed by atoms with Crippen LogP contribution in [-0.4, -0.2) is 31.2 Å². The first-order valence-corrected chi connectivity index (χ1v) is 6.62. The van der Waals surface area contributed by atoms with Gasteiger partial charge in [0.15, 0.2) is 0 Å². The molecular weight excluding hydrogens is 216 g/mol. The second kappa shape index (κ2) is 5.49. The number of carbonyl (C=O) groups is 1. The Kier molecular flexibility index (Phi) is 4.73. The number of Topliss-reactive ketones (excluding diaryl/α,β-unsaturated/α-hetero) is 1. The van der Waals surface area contributed by atoms with Crippen molar-refractivity contribution in [1.29, 1.82) is 0 Å². The van der Waals surface area contributed by atoms with Crippen LogP contribution >= 0.6 is 0 Å². The van der Waals surface area contributed by atoms with Crippen LogP contribution in [0.25, 0.3) is 0 Å². The van der Waals surface area contributed by atoms with Gasteiger partial charge in [-0.05, 0) is 33.1 Å². The van der Waals surface area contributed by atoms with Crippen LogP contribution in [0.1, 0.15) is 53.4 Å². The summed E-state index contributed by atoms with van der Waals surface area (Å²) in [4.78, 5) is 11.7. The van der Waals surface area contributed by atoms with Crippen LogP contribution in [0.3, 0.4) is 0 Å². The normalized spacial score (nSPS) is 23.6. The van der Waals surface area contributed by atoms with Crippen LogP contribution in [0.4, 0.5) is 0 Å². The highest BCUT2D eigenvalue weighted by Gasteiger charge is 2.52. The summed E-state index contributed by atoms with van der Waals surface area (Å²) < 4.78 is 11.2. The Hall–Kier alpha value is -0.410. The number of rotatable bonds is 7. The van der Waals surface area contributed by atoms with Gasteiger partial charge in [0.05, 0.1) is 17.1 Å². The summed E-state index contributed by atoms with van der Waals surface area (Å²) in [5.74, 6) is 0.374. The lowest BCUT2D eigenvalue weighted by Crippen LogP contribution is -2.54. The van der Waals surface area contributed by atoms with Crippen LogP contribution < -0.4 is 0 Å². The molecule has 1 aliphatic carbocycles. The lowest BCUT2D eigenvalue weighted by atomic mass is 9.61. The van der Waals surface area contributed by atoms with E-state index >= 15 is 0 Å². The van der Waals surface area contributed by atoms with E-state index in [-0.39, 0.29) is 17.1 Å². The van der Waals surface area contributed by atoms with E-state index < -0.39 is 0 Å². The van der Waals surface area contributed by atoms with Crippen LogP contribution in [-0.2, 0) is 14.3 Å². The molecule has 1 unspecified atom stereocenters. The van der Waals surface area contributed by atoms with Crippen molar-refractivity contribution in [3.05, 3.63) is 0 Å². The van der Waals surface area contributed by atoms with E-state index in [1.165, 1.54) is 0 Å². The molecule has 1 rings (SSSR count). The summed E-state index contributed by atoms with van der Waals surface area (Å²) in [5.41, 5.74) is -0.341. The van der Waals surface area contributed by atoms with E-state index in [2.05, 4.69) is 27.7 Å². The molecule has 100 valence electrons. The molecule has 1 aliphatic rings. The maximum Gasteiger partial charge on any atom is 0.144 e. The van der Waals surface area contributed by atoms with Gasteiger partial charge in [-0.25, -0.2) is 0 Å². The molecule has 0 aliphatic heterocycles. The Bertz CT molecular complexity index is 267. The molecule has 0 aromatic rings. The van der Waals surface area contributed by atoms with Gasteiger partial charge in [0.25, 0.3) is 0 Å². The van der Waals surface area contributed by atoms with Gasteiger partial charge in [-0.15, -0.1) is 0 Å². The highest BCUT2D eigenvalue weighted by molar-refractivity contribution is 5.92. The molecule has 17 heavy (non-hydrogen) atoms. The van der Waals surface area contributed by atoms with Crippen molar-refractivity contribution in [3.63, 3.8) is 0 Å². The predicted octanol–water partition coefficient (Wildman–Crippen LogP) is 2.97. The average molecular weight is 242 g/mol. The number of methoxy groups -OCH3 is 1. The predicted molar refractivity (Wildman–Crippen MR) is 68.1 cm³/mol. The van der Waals surface area contributed by atoms with Crippen molar-refractivity contribution >= 4 is 5.78 Å². The van der Waals surface area contributed by atoms with Crippen molar-refractivity contribution in [2.75, 3.05) is 13.7 Å². The van der Waals surface area contributed by atoms with Gasteiger partial charge in [0.2, 0.25) is 0 Å². The van der Waals surface area contributed by atoms with Crippen molar-refractivity contribution in [2.45, 2.75) is 65.1 Å². The van der Waals surface area contributed by atoms with E-state index in [1.807, 2.05) is 0 Å². The third kappa shape index (κ3) is 2.89. The smallest absolute Gasteiger partial charge is 0.144 e. The molecule has 0 heterocycles. The molecule has 3 nitrogen and oxygen atoms in total. The van der Waals surface area contributed by atoms with Gasteiger partial charge >= 0.3 is 0 Å². The van der Waals surface area contributed by atoms with Crippen molar-refractivity contribution < 1.29 is 14.3 Å². The summed E-state index contributed by atoms with van der Waals surface area (Å²) in [6.07, 6.45) is 3.35. The Morgan fingerprint density at radius 3 is 2.35 bits per heavy atom. The lowest BCUT2D eigenvalue weighted by Gasteiger charge is -2.46. The average Bonchev–Trinajstić information content (AvgIpc) is 2.29. The fourth-order valence-electron chi connectivity index (χ4n) is 2.48. The van der Waals surface area contributed by atoms with Crippen molar-refractivity contribution in [1.82, 2.24) is 0 Å². The minimum absolute atomic E-state index is 0.123. The fourth-order valence-corrected chi connectivity index (χ4v) is 2.48. The van der Waals surface area contributed by atoms with E-state index in [4.69, 9.17) is 9.47 Å². The first-order valence-electron chi connectivity index (χ1n) is 6.62. The molecule has 0 N–H and O–H groups in total. The zero-order valence-corrected chi connectivity index (χ0v) is 11.8. The quantitative estimate of drug-likeness (QED) is 0.688. The van der Waals surface area contributed by atoms with Gasteiger partial charge in [-0.2, -0.15) is 0 Å². The zero-order valence-electron chi connectivity index (χ0n) is 11.8. The highest BCUT2D eigenvalue weighted by atomic mass is 16.5. The minimum Gasteiger partial charge on any atom is -0.379 e. The number of carbonyl (C=O) groups excluding carboxylic acids is 1. The van der Waals surface area contributed by atoms with E-state index in [1.54, 1.807) is 7.11 Å². The molecule has 1 fully saturated rings. The van der Waals surface area contributed by atoms with Crippen molar-refractivity contribution in [2.24, 2.45) is 5.41 Å². The first-order chi connectivity index (χ1) is 7.91. The zero-order chi connectivity index (χ0) is 13.1. The molecule has 0 bridgehead atoms. The molecule has 0 amide bonds. The molecule has 3 heteroatoms. The third-order valence-corrected chi connectivity index (χ3v) is 4.38. The molecular formula is C14H26O3.